The summed E-state index contributed by atoms with van der Waals surface area (Å²) in [4.78, 5) is 3.73. The van der Waals surface area contributed by atoms with Gasteiger partial charge in [-0.15, -0.1) is 0 Å². The topological polar surface area (TPSA) is 84.4 Å². The van der Waals surface area contributed by atoms with Crippen LogP contribution >= 0.6 is 23.3 Å². The lowest BCUT2D eigenvalue weighted by Crippen LogP contribution is -2.52. The van der Waals surface area contributed by atoms with Crippen molar-refractivity contribution in [3.8, 4) is 5.75 Å². The predicted octanol–water partition coefficient (Wildman–Crippen LogP) is 5.68. The van der Waals surface area contributed by atoms with Crippen LogP contribution in [0.1, 0.15) is 48.4 Å². The Hall–Kier alpha value is -2.48. The molecule has 2 aromatic carbocycles. The van der Waals surface area contributed by atoms with Gasteiger partial charge in [0, 0.05) is 29.1 Å². The molecular formula is C23H21ClF4N4O3S2. The van der Waals surface area contributed by atoms with Crippen molar-refractivity contribution in [3.63, 3.8) is 0 Å². The van der Waals surface area contributed by atoms with Gasteiger partial charge < -0.3 is 4.74 Å². The van der Waals surface area contributed by atoms with Crippen LogP contribution < -0.4 is 9.46 Å². The number of halogens is 5. The van der Waals surface area contributed by atoms with Crippen LogP contribution in [0.3, 0.4) is 0 Å². The van der Waals surface area contributed by atoms with Gasteiger partial charge in [-0.1, -0.05) is 12.1 Å². The molecule has 3 heterocycles. The lowest BCUT2D eigenvalue weighted by molar-refractivity contribution is -0.137. The van der Waals surface area contributed by atoms with E-state index in [1.807, 2.05) is 0 Å². The Morgan fingerprint density at radius 3 is 2.49 bits per heavy atom. The molecule has 2 aliphatic rings. The van der Waals surface area contributed by atoms with E-state index in [1.165, 1.54) is 28.9 Å². The van der Waals surface area contributed by atoms with Gasteiger partial charge in [0.15, 0.2) is 5.67 Å². The summed E-state index contributed by atoms with van der Waals surface area (Å²) in [5.41, 5.74) is -3.00. The van der Waals surface area contributed by atoms with Crippen molar-refractivity contribution in [2.24, 2.45) is 0 Å². The zero-order valence-electron chi connectivity index (χ0n) is 19.5. The zero-order chi connectivity index (χ0) is 26.8. The predicted molar refractivity (Wildman–Crippen MR) is 130 cm³/mol. The van der Waals surface area contributed by atoms with Gasteiger partial charge in [0.2, 0.25) is 5.13 Å². The van der Waals surface area contributed by atoms with Crippen LogP contribution in [0.2, 0.25) is 0 Å². The van der Waals surface area contributed by atoms with Crippen LogP contribution in [0.5, 0.6) is 5.75 Å². The number of rotatable bonds is 5. The highest BCUT2D eigenvalue weighted by molar-refractivity contribution is 7.93. The summed E-state index contributed by atoms with van der Waals surface area (Å²) in [6, 6.07) is 7.36. The molecule has 198 valence electrons. The van der Waals surface area contributed by atoms with Crippen molar-refractivity contribution in [2.45, 2.75) is 48.5 Å². The van der Waals surface area contributed by atoms with Gasteiger partial charge in [0.05, 0.1) is 23.5 Å². The second-order valence-electron chi connectivity index (χ2n) is 9.71. The van der Waals surface area contributed by atoms with E-state index < -0.39 is 39.0 Å². The molecule has 0 amide bonds. The van der Waals surface area contributed by atoms with Crippen LogP contribution in [-0.4, -0.2) is 40.9 Å². The van der Waals surface area contributed by atoms with Crippen LogP contribution in [-0.2, 0) is 21.9 Å². The Bertz CT molecular complexity index is 1440. The quantitative estimate of drug-likeness (QED) is 0.311. The number of benzene rings is 2. The SMILES string of the molecule is CC1(C)CC(c2ccc(C(F)(F)F)cc2C2(F)CN(Cl)C2)c2ccc(S(=O)(=O)Nc3ncns3)cc2O1. The van der Waals surface area contributed by atoms with Crippen molar-refractivity contribution in [1.82, 2.24) is 13.8 Å². The van der Waals surface area contributed by atoms with Crippen molar-refractivity contribution < 1.29 is 30.7 Å². The molecule has 7 nitrogen and oxygen atoms in total. The van der Waals surface area contributed by atoms with Gasteiger partial charge >= 0.3 is 6.18 Å². The van der Waals surface area contributed by atoms with E-state index in [-0.39, 0.29) is 34.4 Å². The molecule has 1 saturated heterocycles. The molecule has 0 bridgehead atoms. The molecule has 3 aromatic rings. The molecule has 0 aliphatic carbocycles. The Balaban J connectivity index is 1.60. The number of fused-ring (bicyclic) bond motifs is 1. The largest absolute Gasteiger partial charge is 0.487 e. The van der Waals surface area contributed by atoms with Gasteiger partial charge in [-0.2, -0.15) is 17.5 Å². The normalized spacial score (nSPS) is 21.0. The molecule has 1 N–H and O–H groups in total. The maximum Gasteiger partial charge on any atom is 0.416 e. The van der Waals surface area contributed by atoms with Crippen LogP contribution in [0.15, 0.2) is 47.6 Å². The number of aromatic nitrogens is 2. The monoisotopic (exact) mass is 576 g/mol. The summed E-state index contributed by atoms with van der Waals surface area (Å²) in [5.74, 6) is -0.311. The van der Waals surface area contributed by atoms with Crippen LogP contribution in [0.25, 0.3) is 0 Å². The molecule has 0 spiro atoms. The Labute approximate surface area is 219 Å². The van der Waals surface area contributed by atoms with Gasteiger partial charge in [-0.25, -0.2) is 22.2 Å². The number of anilines is 1. The molecular weight excluding hydrogens is 556 g/mol. The number of nitrogens with zero attached hydrogens (tertiary/aromatic N) is 3. The summed E-state index contributed by atoms with van der Waals surface area (Å²) < 4.78 is 95.6. The molecule has 1 aromatic heterocycles. The van der Waals surface area contributed by atoms with Gasteiger partial charge in [-0.05, 0) is 61.4 Å². The molecule has 1 unspecified atom stereocenters. The molecule has 2 aliphatic heterocycles. The average Bonchev–Trinajstić information content (AvgIpc) is 3.28. The van der Waals surface area contributed by atoms with Crippen molar-refractivity contribution in [3.05, 3.63) is 65.0 Å². The first kappa shape index (κ1) is 26.1. The van der Waals surface area contributed by atoms with Crippen molar-refractivity contribution >= 4 is 38.5 Å². The Morgan fingerprint density at radius 2 is 1.86 bits per heavy atom. The molecule has 1 atom stereocenters. The minimum absolute atomic E-state index is 0.0810. The summed E-state index contributed by atoms with van der Waals surface area (Å²) in [5, 5.41) is 0.0910. The third-order valence-electron chi connectivity index (χ3n) is 6.42. The third kappa shape index (κ3) is 5.01. The van der Waals surface area contributed by atoms with E-state index in [4.69, 9.17) is 16.5 Å². The molecule has 0 saturated carbocycles. The van der Waals surface area contributed by atoms with Crippen LogP contribution in [0.4, 0.5) is 22.7 Å². The molecule has 5 rings (SSSR count). The number of hydrogen-bond donors (Lipinski definition) is 1. The van der Waals surface area contributed by atoms with Crippen molar-refractivity contribution in [1.29, 1.82) is 0 Å². The highest BCUT2D eigenvalue weighted by atomic mass is 35.5. The highest BCUT2D eigenvalue weighted by Crippen LogP contribution is 2.50. The average molecular weight is 577 g/mol. The lowest BCUT2D eigenvalue weighted by atomic mass is 9.74. The summed E-state index contributed by atoms with van der Waals surface area (Å²) in [7, 11) is -4.02. The fourth-order valence-electron chi connectivity index (χ4n) is 4.76. The smallest absolute Gasteiger partial charge is 0.416 e. The first-order valence-electron chi connectivity index (χ1n) is 11.1. The van der Waals surface area contributed by atoms with Gasteiger partial charge in [-0.3, -0.25) is 4.72 Å². The maximum atomic E-state index is 15.8. The van der Waals surface area contributed by atoms with Gasteiger partial charge in [0.1, 0.15) is 17.7 Å². The fourth-order valence-corrected chi connectivity index (χ4v) is 6.82. The van der Waals surface area contributed by atoms with E-state index in [0.717, 1.165) is 23.7 Å². The van der Waals surface area contributed by atoms with Gasteiger partial charge in [0.25, 0.3) is 10.0 Å². The molecule has 37 heavy (non-hydrogen) atoms. The Morgan fingerprint density at radius 1 is 1.16 bits per heavy atom. The highest BCUT2D eigenvalue weighted by Gasteiger charge is 2.49. The third-order valence-corrected chi connectivity index (χ3v) is 8.70. The number of sulfonamides is 1. The van der Waals surface area contributed by atoms with E-state index in [2.05, 4.69) is 14.1 Å². The van der Waals surface area contributed by atoms with Crippen molar-refractivity contribution in [2.75, 3.05) is 17.8 Å². The number of alkyl halides is 4. The summed E-state index contributed by atoms with van der Waals surface area (Å²) in [6.07, 6.45) is -3.10. The molecule has 14 heteroatoms. The zero-order valence-corrected chi connectivity index (χ0v) is 21.9. The maximum absolute atomic E-state index is 15.8. The number of nitrogens with one attached hydrogen (secondary N) is 1. The minimum atomic E-state index is -4.65. The second-order valence-corrected chi connectivity index (χ2v) is 12.7. The first-order valence-corrected chi connectivity index (χ1v) is 13.7. The summed E-state index contributed by atoms with van der Waals surface area (Å²) in [6.45, 7) is 3.05. The van der Waals surface area contributed by atoms with E-state index in [0.29, 0.717) is 17.5 Å². The van der Waals surface area contributed by atoms with E-state index in [1.54, 1.807) is 19.9 Å². The second kappa shape index (κ2) is 8.79. The number of ether oxygens (including phenoxy) is 1. The molecule has 0 radical (unpaired) electrons. The van der Waals surface area contributed by atoms with Crippen LogP contribution in [0, 0.1) is 0 Å². The van der Waals surface area contributed by atoms with E-state index in [9.17, 15) is 21.6 Å². The molecule has 1 fully saturated rings. The number of hydrogen-bond acceptors (Lipinski definition) is 7. The minimum Gasteiger partial charge on any atom is -0.487 e. The summed E-state index contributed by atoms with van der Waals surface area (Å²) >= 11 is 6.74. The standard InChI is InChI=1S/C23H21ClF4N4O3S2/c1-21(2)9-17(15-5-3-13(23(26,27)28)7-18(15)22(25)10-32(24)11-22)16-6-4-14(8-19(16)35-21)37(33,34)31-20-29-12-30-36-20/h3-8,12,17H,9-11H2,1-2H3,(H,29,30,31). The first-order chi connectivity index (χ1) is 17.2. The van der Waals surface area contributed by atoms with E-state index >= 15 is 4.39 Å². The fraction of sp³-hybridized carbons (Fsp3) is 0.391. The Kier molecular flexibility index (Phi) is 6.21. The lowest BCUT2D eigenvalue weighted by Gasteiger charge is -2.44.